The van der Waals surface area contributed by atoms with Crippen LogP contribution < -0.4 is 0 Å². The second-order valence-electron chi connectivity index (χ2n) is 3.26. The first-order valence-electron chi connectivity index (χ1n) is 4.22. The van der Waals surface area contributed by atoms with Gasteiger partial charge < -0.3 is 5.11 Å². The third-order valence-corrected chi connectivity index (χ3v) is 2.45. The SMILES string of the molecule is C=C1CCc2ccccc2C1O. The Balaban J connectivity index is 2.48. The van der Waals surface area contributed by atoms with Crippen LogP contribution in [0.2, 0.25) is 0 Å². The summed E-state index contributed by atoms with van der Waals surface area (Å²) in [5.41, 5.74) is 3.24. The van der Waals surface area contributed by atoms with Crippen molar-refractivity contribution in [2.24, 2.45) is 0 Å². The standard InChI is InChI=1S/C11H12O/c1-8-6-7-9-4-2-3-5-10(9)11(8)12/h2-5,11-12H,1,6-7H2. The van der Waals surface area contributed by atoms with Gasteiger partial charge in [-0.3, -0.25) is 0 Å². The zero-order chi connectivity index (χ0) is 8.55. The summed E-state index contributed by atoms with van der Waals surface area (Å²) in [6, 6.07) is 8.02. The average molecular weight is 160 g/mol. The van der Waals surface area contributed by atoms with Gasteiger partial charge >= 0.3 is 0 Å². The van der Waals surface area contributed by atoms with E-state index in [1.54, 1.807) is 0 Å². The molecule has 0 spiro atoms. The fourth-order valence-corrected chi connectivity index (χ4v) is 1.68. The first-order chi connectivity index (χ1) is 5.79. The largest absolute Gasteiger partial charge is 0.384 e. The summed E-state index contributed by atoms with van der Waals surface area (Å²) in [6.45, 7) is 3.84. The van der Waals surface area contributed by atoms with Crippen LogP contribution in [-0.4, -0.2) is 5.11 Å². The molecule has 1 atom stereocenters. The van der Waals surface area contributed by atoms with Crippen LogP contribution in [0.4, 0.5) is 0 Å². The van der Waals surface area contributed by atoms with Crippen molar-refractivity contribution in [3.05, 3.63) is 47.5 Å². The number of aliphatic hydroxyl groups excluding tert-OH is 1. The highest BCUT2D eigenvalue weighted by atomic mass is 16.3. The first kappa shape index (κ1) is 7.56. The number of hydrogen-bond acceptors (Lipinski definition) is 1. The predicted molar refractivity (Wildman–Crippen MR) is 48.9 cm³/mol. The zero-order valence-corrected chi connectivity index (χ0v) is 6.96. The summed E-state index contributed by atoms with van der Waals surface area (Å²) in [5.74, 6) is 0. The molecule has 1 aliphatic rings. The Bertz CT molecular complexity index is 315. The number of aryl methyl sites for hydroxylation is 1. The molecule has 1 aliphatic carbocycles. The van der Waals surface area contributed by atoms with E-state index >= 15 is 0 Å². The van der Waals surface area contributed by atoms with Crippen LogP contribution in [0.15, 0.2) is 36.4 Å². The van der Waals surface area contributed by atoms with E-state index in [0.29, 0.717) is 0 Å². The molecule has 62 valence electrons. The third kappa shape index (κ3) is 1.07. The van der Waals surface area contributed by atoms with Crippen LogP contribution in [0.25, 0.3) is 0 Å². The van der Waals surface area contributed by atoms with Gasteiger partial charge in [0.05, 0.1) is 0 Å². The predicted octanol–water partition coefficient (Wildman–Crippen LogP) is 2.22. The molecule has 0 aliphatic heterocycles. The minimum Gasteiger partial charge on any atom is -0.384 e. The lowest BCUT2D eigenvalue weighted by atomic mass is 9.87. The van der Waals surface area contributed by atoms with E-state index in [9.17, 15) is 5.11 Å². The zero-order valence-electron chi connectivity index (χ0n) is 6.96. The van der Waals surface area contributed by atoms with Gasteiger partial charge in [-0.15, -0.1) is 0 Å². The highest BCUT2D eigenvalue weighted by molar-refractivity contribution is 5.37. The van der Waals surface area contributed by atoms with E-state index in [2.05, 4.69) is 12.6 Å². The molecule has 0 aromatic heterocycles. The van der Waals surface area contributed by atoms with Crippen molar-refractivity contribution in [3.8, 4) is 0 Å². The van der Waals surface area contributed by atoms with Crippen molar-refractivity contribution >= 4 is 0 Å². The topological polar surface area (TPSA) is 20.2 Å². The minimum atomic E-state index is -0.435. The van der Waals surface area contributed by atoms with Crippen molar-refractivity contribution in [2.75, 3.05) is 0 Å². The Morgan fingerprint density at radius 3 is 2.83 bits per heavy atom. The van der Waals surface area contributed by atoms with Gasteiger partial charge in [-0.25, -0.2) is 0 Å². The number of aliphatic hydroxyl groups is 1. The van der Waals surface area contributed by atoms with Gasteiger partial charge in [0, 0.05) is 0 Å². The number of fused-ring (bicyclic) bond motifs is 1. The maximum absolute atomic E-state index is 9.73. The van der Waals surface area contributed by atoms with Crippen LogP contribution in [0.1, 0.15) is 23.7 Å². The molecule has 1 nitrogen and oxygen atoms in total. The van der Waals surface area contributed by atoms with Crippen LogP contribution >= 0.6 is 0 Å². The molecule has 1 aromatic rings. The molecule has 0 saturated heterocycles. The second kappa shape index (κ2) is 2.76. The maximum Gasteiger partial charge on any atom is 0.100 e. The second-order valence-corrected chi connectivity index (χ2v) is 3.26. The van der Waals surface area contributed by atoms with Crippen LogP contribution in [0.3, 0.4) is 0 Å². The van der Waals surface area contributed by atoms with Gasteiger partial charge in [-0.2, -0.15) is 0 Å². The number of hydrogen-bond donors (Lipinski definition) is 1. The Morgan fingerprint density at radius 1 is 1.25 bits per heavy atom. The lowest BCUT2D eigenvalue weighted by Gasteiger charge is -2.23. The molecule has 0 fully saturated rings. The van der Waals surface area contributed by atoms with Crippen LogP contribution in [0, 0.1) is 0 Å². The van der Waals surface area contributed by atoms with E-state index in [1.807, 2.05) is 18.2 Å². The molecule has 0 bridgehead atoms. The number of benzene rings is 1. The Labute approximate surface area is 72.4 Å². The van der Waals surface area contributed by atoms with Gasteiger partial charge in [0.15, 0.2) is 0 Å². The van der Waals surface area contributed by atoms with E-state index < -0.39 is 6.10 Å². The molecule has 0 saturated carbocycles. The number of rotatable bonds is 0. The van der Waals surface area contributed by atoms with Gasteiger partial charge in [-0.1, -0.05) is 30.8 Å². The normalized spacial score (nSPS) is 22.1. The quantitative estimate of drug-likeness (QED) is 0.577. The summed E-state index contributed by atoms with van der Waals surface area (Å²) in [4.78, 5) is 0. The summed E-state index contributed by atoms with van der Waals surface area (Å²) >= 11 is 0. The summed E-state index contributed by atoms with van der Waals surface area (Å²) in [5, 5.41) is 9.73. The summed E-state index contributed by atoms with van der Waals surface area (Å²) < 4.78 is 0. The molecule has 0 heterocycles. The first-order valence-corrected chi connectivity index (χ1v) is 4.22. The molecule has 0 radical (unpaired) electrons. The average Bonchev–Trinajstić information content (AvgIpc) is 2.12. The lowest BCUT2D eigenvalue weighted by molar-refractivity contribution is 0.205. The van der Waals surface area contributed by atoms with Crippen LogP contribution in [-0.2, 0) is 6.42 Å². The van der Waals surface area contributed by atoms with Gasteiger partial charge in [0.2, 0.25) is 0 Å². The Morgan fingerprint density at radius 2 is 2.00 bits per heavy atom. The fourth-order valence-electron chi connectivity index (χ4n) is 1.68. The summed E-state index contributed by atoms with van der Waals surface area (Å²) in [6.07, 6.45) is 1.50. The van der Waals surface area contributed by atoms with E-state index in [4.69, 9.17) is 0 Å². The molecule has 0 amide bonds. The molecular weight excluding hydrogens is 148 g/mol. The molecule has 1 N–H and O–H groups in total. The monoisotopic (exact) mass is 160 g/mol. The molecule has 12 heavy (non-hydrogen) atoms. The molecule has 1 aromatic carbocycles. The van der Waals surface area contributed by atoms with E-state index in [1.165, 1.54) is 5.56 Å². The van der Waals surface area contributed by atoms with Gasteiger partial charge in [0.1, 0.15) is 6.10 Å². The summed E-state index contributed by atoms with van der Waals surface area (Å²) in [7, 11) is 0. The van der Waals surface area contributed by atoms with Crippen LogP contribution in [0.5, 0.6) is 0 Å². The smallest absolute Gasteiger partial charge is 0.100 e. The maximum atomic E-state index is 9.73. The highest BCUT2D eigenvalue weighted by Crippen LogP contribution is 2.32. The highest BCUT2D eigenvalue weighted by Gasteiger charge is 2.19. The Kier molecular flexibility index (Phi) is 1.74. The van der Waals surface area contributed by atoms with E-state index in [-0.39, 0.29) is 0 Å². The van der Waals surface area contributed by atoms with Crippen molar-refractivity contribution < 1.29 is 5.11 Å². The Hall–Kier alpha value is -1.08. The van der Waals surface area contributed by atoms with Crippen molar-refractivity contribution in [3.63, 3.8) is 0 Å². The van der Waals surface area contributed by atoms with Gasteiger partial charge in [0.25, 0.3) is 0 Å². The molecule has 1 unspecified atom stereocenters. The van der Waals surface area contributed by atoms with Gasteiger partial charge in [-0.05, 0) is 29.5 Å². The molecule has 2 rings (SSSR count). The lowest BCUT2D eigenvalue weighted by Crippen LogP contribution is -2.10. The van der Waals surface area contributed by atoms with Crippen molar-refractivity contribution in [1.82, 2.24) is 0 Å². The molecule has 1 heteroatoms. The molecular formula is C11H12O. The minimum absolute atomic E-state index is 0.435. The third-order valence-electron chi connectivity index (χ3n) is 2.45. The van der Waals surface area contributed by atoms with Crippen molar-refractivity contribution in [1.29, 1.82) is 0 Å². The van der Waals surface area contributed by atoms with E-state index in [0.717, 1.165) is 24.0 Å². The fraction of sp³-hybridized carbons (Fsp3) is 0.273. The van der Waals surface area contributed by atoms with Crippen molar-refractivity contribution in [2.45, 2.75) is 18.9 Å².